The lowest BCUT2D eigenvalue weighted by Crippen LogP contribution is -2.34. The van der Waals surface area contributed by atoms with Crippen LogP contribution >= 0.6 is 23.7 Å². The maximum Gasteiger partial charge on any atom is 0.225 e. The lowest BCUT2D eigenvalue weighted by molar-refractivity contribution is 0.137. The van der Waals surface area contributed by atoms with Gasteiger partial charge in [0, 0.05) is 10.9 Å². The Labute approximate surface area is 165 Å². The zero-order chi connectivity index (χ0) is 17.4. The van der Waals surface area contributed by atoms with Gasteiger partial charge in [-0.15, -0.1) is 23.7 Å². The Morgan fingerprint density at radius 3 is 2.73 bits per heavy atom. The number of hydrogen-bond donors (Lipinski definition) is 2. The van der Waals surface area contributed by atoms with Gasteiger partial charge in [-0.25, -0.2) is 9.97 Å². The number of ether oxygens (including phenoxy) is 1. The minimum Gasteiger partial charge on any atom is -0.474 e. The fraction of sp³-hybridized carbons (Fsp3) is 0.684. The Kier molecular flexibility index (Phi) is 6.38. The van der Waals surface area contributed by atoms with E-state index in [0.717, 1.165) is 61.0 Å². The van der Waals surface area contributed by atoms with Crippen LogP contribution in [0.3, 0.4) is 0 Å². The molecule has 4 rings (SSSR count). The highest BCUT2D eigenvalue weighted by atomic mass is 35.5. The number of hydrogen-bond acceptors (Lipinski definition) is 6. The van der Waals surface area contributed by atoms with E-state index in [-0.39, 0.29) is 24.6 Å². The molecule has 5 nitrogen and oxygen atoms in total. The van der Waals surface area contributed by atoms with Crippen molar-refractivity contribution in [2.75, 3.05) is 7.05 Å². The predicted octanol–water partition coefficient (Wildman–Crippen LogP) is 3.82. The lowest BCUT2D eigenvalue weighted by atomic mass is 9.93. The first kappa shape index (κ1) is 19.8. The van der Waals surface area contributed by atoms with E-state index in [0.29, 0.717) is 12.0 Å². The summed E-state index contributed by atoms with van der Waals surface area (Å²) in [7, 11) is 2.04. The van der Waals surface area contributed by atoms with Crippen LogP contribution in [0.1, 0.15) is 61.8 Å². The summed E-state index contributed by atoms with van der Waals surface area (Å²) < 4.78 is 6.36. The quantitative estimate of drug-likeness (QED) is 0.802. The van der Waals surface area contributed by atoms with Gasteiger partial charge in [0.05, 0.1) is 11.5 Å². The van der Waals surface area contributed by atoms with Crippen molar-refractivity contribution in [1.82, 2.24) is 15.3 Å². The number of thiophene rings is 1. The summed E-state index contributed by atoms with van der Waals surface area (Å²) in [6.45, 7) is 1.88. The van der Waals surface area contributed by atoms with Crippen molar-refractivity contribution in [2.24, 2.45) is 0 Å². The molecular weight excluding hydrogens is 370 g/mol. The van der Waals surface area contributed by atoms with Gasteiger partial charge in [0.2, 0.25) is 5.88 Å². The standard InChI is InChI=1S/C19H27N3O2S.ClH/c1-11(23)9-12-3-8-15-16(12)17-18(21-10-22-19(17)25-15)24-14-6-4-13(20-2)5-7-14;/h10-14,20,23H,3-9H2,1-2H3;1H/t11-,12-,13?,14?;/m1./s1. The zero-order valence-electron chi connectivity index (χ0n) is 15.4. The Morgan fingerprint density at radius 1 is 1.27 bits per heavy atom. The molecule has 0 aliphatic heterocycles. The van der Waals surface area contributed by atoms with Crippen LogP contribution in [0.4, 0.5) is 0 Å². The number of nitrogens with one attached hydrogen (secondary N) is 1. The van der Waals surface area contributed by atoms with E-state index in [2.05, 4.69) is 15.3 Å². The molecule has 2 aromatic heterocycles. The lowest BCUT2D eigenvalue weighted by Gasteiger charge is -2.28. The summed E-state index contributed by atoms with van der Waals surface area (Å²) in [6.07, 6.45) is 9.05. The molecule has 2 heterocycles. The van der Waals surface area contributed by atoms with Crippen LogP contribution in [0.25, 0.3) is 10.2 Å². The molecular formula is C19H28ClN3O2S. The number of nitrogens with zero attached hydrogens (tertiary/aromatic N) is 2. The average Bonchev–Trinajstić information content (AvgIpc) is 3.15. The molecule has 0 bridgehead atoms. The largest absolute Gasteiger partial charge is 0.474 e. The highest BCUT2D eigenvalue weighted by Crippen LogP contribution is 2.47. The van der Waals surface area contributed by atoms with E-state index < -0.39 is 0 Å². The van der Waals surface area contributed by atoms with Crippen molar-refractivity contribution in [3.05, 3.63) is 16.8 Å². The summed E-state index contributed by atoms with van der Waals surface area (Å²) >= 11 is 1.77. The van der Waals surface area contributed by atoms with E-state index in [1.165, 1.54) is 10.4 Å². The van der Waals surface area contributed by atoms with Crippen LogP contribution < -0.4 is 10.1 Å². The average molecular weight is 398 g/mol. The fourth-order valence-electron chi connectivity index (χ4n) is 4.40. The third-order valence-electron chi connectivity index (χ3n) is 5.68. The van der Waals surface area contributed by atoms with Gasteiger partial charge in [-0.1, -0.05) is 0 Å². The first-order chi connectivity index (χ1) is 12.2. The Balaban J connectivity index is 0.00000196. The maximum atomic E-state index is 9.86. The molecule has 1 fully saturated rings. The van der Waals surface area contributed by atoms with Crippen LogP contribution in [-0.4, -0.2) is 40.4 Å². The second kappa shape index (κ2) is 8.38. The molecule has 0 aromatic carbocycles. The van der Waals surface area contributed by atoms with Crippen LogP contribution in [0.5, 0.6) is 5.88 Å². The molecule has 144 valence electrons. The summed E-state index contributed by atoms with van der Waals surface area (Å²) in [6, 6.07) is 0.617. The topological polar surface area (TPSA) is 67.3 Å². The summed E-state index contributed by atoms with van der Waals surface area (Å²) in [5.74, 6) is 1.16. The summed E-state index contributed by atoms with van der Waals surface area (Å²) in [4.78, 5) is 11.4. The second-order valence-electron chi connectivity index (χ2n) is 7.50. The molecule has 0 spiro atoms. The molecule has 0 unspecified atom stereocenters. The van der Waals surface area contributed by atoms with E-state index >= 15 is 0 Å². The van der Waals surface area contributed by atoms with Gasteiger partial charge in [0.15, 0.2) is 0 Å². The summed E-state index contributed by atoms with van der Waals surface area (Å²) in [5, 5.41) is 14.3. The van der Waals surface area contributed by atoms with Crippen LogP contribution in [-0.2, 0) is 6.42 Å². The van der Waals surface area contributed by atoms with Crippen molar-refractivity contribution < 1.29 is 9.84 Å². The fourth-order valence-corrected chi connectivity index (χ4v) is 5.64. The Morgan fingerprint density at radius 2 is 2.04 bits per heavy atom. The number of aliphatic hydroxyl groups excluding tert-OH is 1. The number of halogens is 1. The SMILES string of the molecule is CNC1CCC(Oc2ncnc3sc4c(c23)[C@@H](C[C@@H](C)O)CC4)CC1.Cl. The molecule has 7 heteroatoms. The zero-order valence-corrected chi connectivity index (χ0v) is 17.0. The highest BCUT2D eigenvalue weighted by Gasteiger charge is 2.31. The molecule has 1 saturated carbocycles. The molecule has 0 amide bonds. The first-order valence-electron chi connectivity index (χ1n) is 9.44. The monoisotopic (exact) mass is 397 g/mol. The molecule has 0 radical (unpaired) electrons. The molecule has 2 aliphatic rings. The molecule has 26 heavy (non-hydrogen) atoms. The number of aliphatic hydroxyl groups is 1. The van der Waals surface area contributed by atoms with Crippen LogP contribution in [0.2, 0.25) is 0 Å². The third kappa shape index (κ3) is 3.84. The van der Waals surface area contributed by atoms with E-state index in [1.807, 2.05) is 14.0 Å². The molecule has 2 aromatic rings. The minimum absolute atomic E-state index is 0. The Hall–Kier alpha value is -0.950. The van der Waals surface area contributed by atoms with Gasteiger partial charge in [0.1, 0.15) is 17.3 Å². The van der Waals surface area contributed by atoms with E-state index in [1.54, 1.807) is 17.7 Å². The number of aromatic nitrogens is 2. The Bertz CT molecular complexity index is 744. The van der Waals surface area contributed by atoms with E-state index in [4.69, 9.17) is 4.74 Å². The van der Waals surface area contributed by atoms with Crippen molar-refractivity contribution in [1.29, 1.82) is 0 Å². The van der Waals surface area contributed by atoms with Gasteiger partial charge in [-0.3, -0.25) is 0 Å². The molecule has 2 N–H and O–H groups in total. The van der Waals surface area contributed by atoms with Crippen molar-refractivity contribution >= 4 is 34.0 Å². The van der Waals surface area contributed by atoms with Gasteiger partial charge in [0.25, 0.3) is 0 Å². The van der Waals surface area contributed by atoms with Crippen molar-refractivity contribution in [3.8, 4) is 5.88 Å². The molecule has 2 atom stereocenters. The molecule has 2 aliphatic carbocycles. The number of aryl methyl sites for hydroxylation is 1. The summed E-state index contributed by atoms with van der Waals surface area (Å²) in [5.41, 5.74) is 1.35. The van der Waals surface area contributed by atoms with Gasteiger partial charge in [-0.2, -0.15) is 0 Å². The van der Waals surface area contributed by atoms with Crippen LogP contribution in [0, 0.1) is 0 Å². The second-order valence-corrected chi connectivity index (χ2v) is 8.58. The van der Waals surface area contributed by atoms with Crippen molar-refractivity contribution in [3.63, 3.8) is 0 Å². The van der Waals surface area contributed by atoms with Crippen molar-refractivity contribution in [2.45, 2.75) is 76.0 Å². The van der Waals surface area contributed by atoms with E-state index in [9.17, 15) is 5.11 Å². The van der Waals surface area contributed by atoms with Gasteiger partial charge in [-0.05, 0) is 70.4 Å². The minimum atomic E-state index is -0.281. The highest BCUT2D eigenvalue weighted by molar-refractivity contribution is 7.19. The van der Waals surface area contributed by atoms with Crippen LogP contribution in [0.15, 0.2) is 6.33 Å². The maximum absolute atomic E-state index is 9.86. The first-order valence-corrected chi connectivity index (χ1v) is 10.3. The van der Waals surface area contributed by atoms with Gasteiger partial charge < -0.3 is 15.2 Å². The van der Waals surface area contributed by atoms with Gasteiger partial charge >= 0.3 is 0 Å². The molecule has 0 saturated heterocycles. The smallest absolute Gasteiger partial charge is 0.225 e. The normalized spacial score (nSPS) is 26.3. The number of rotatable bonds is 5. The number of fused-ring (bicyclic) bond motifs is 3. The third-order valence-corrected chi connectivity index (χ3v) is 6.86. The predicted molar refractivity (Wildman–Crippen MR) is 108 cm³/mol.